The summed E-state index contributed by atoms with van der Waals surface area (Å²) in [5.41, 5.74) is 6.50. The van der Waals surface area contributed by atoms with Gasteiger partial charge < -0.3 is 4.57 Å². The van der Waals surface area contributed by atoms with Gasteiger partial charge in [0.1, 0.15) is 5.82 Å². The van der Waals surface area contributed by atoms with Crippen LogP contribution >= 0.6 is 0 Å². The molecule has 4 heteroatoms. The lowest BCUT2D eigenvalue weighted by molar-refractivity contribution is 0.602. The molecule has 3 aromatic heterocycles. The van der Waals surface area contributed by atoms with Crippen molar-refractivity contribution in [1.29, 1.82) is 0 Å². The molecule has 0 spiro atoms. The Morgan fingerprint density at radius 1 is 0.926 bits per heavy atom. The van der Waals surface area contributed by atoms with Crippen molar-refractivity contribution in [3.63, 3.8) is 0 Å². The highest BCUT2D eigenvalue weighted by atomic mass is 19.1. The van der Waals surface area contributed by atoms with Gasteiger partial charge in [0.2, 0.25) is 0 Å². The maximum Gasteiger partial charge on any atom is 0.128 e. The number of aromatic nitrogens is 3. The smallest absolute Gasteiger partial charge is 0.128 e. The van der Waals surface area contributed by atoms with E-state index in [-0.39, 0.29) is 5.82 Å². The van der Waals surface area contributed by atoms with Crippen molar-refractivity contribution in [1.82, 2.24) is 14.5 Å². The molecule has 0 unspecified atom stereocenters. The van der Waals surface area contributed by atoms with Crippen molar-refractivity contribution in [2.75, 3.05) is 0 Å². The van der Waals surface area contributed by atoms with Gasteiger partial charge in [-0.3, -0.25) is 9.97 Å². The van der Waals surface area contributed by atoms with Crippen molar-refractivity contribution in [3.8, 4) is 11.1 Å². The topological polar surface area (TPSA) is 30.7 Å². The fourth-order valence-electron chi connectivity index (χ4n) is 3.19. The Bertz CT molecular complexity index is 1070. The molecule has 4 rings (SSSR count). The lowest BCUT2D eigenvalue weighted by Crippen LogP contribution is -2.01. The molecule has 0 radical (unpaired) electrons. The van der Waals surface area contributed by atoms with Gasteiger partial charge in [0, 0.05) is 29.8 Å². The minimum Gasteiger partial charge on any atom is -0.341 e. The average Bonchev–Trinajstić information content (AvgIpc) is 3.01. The molecule has 0 aliphatic rings. The average molecular weight is 361 g/mol. The van der Waals surface area contributed by atoms with Crippen LogP contribution in [-0.2, 0) is 6.54 Å². The van der Waals surface area contributed by atoms with Crippen molar-refractivity contribution >= 4 is 11.0 Å². The molecule has 3 nitrogen and oxygen atoms in total. The molecule has 3 heterocycles. The predicted molar refractivity (Wildman–Crippen MR) is 109 cm³/mol. The van der Waals surface area contributed by atoms with Gasteiger partial charge in [-0.1, -0.05) is 26.0 Å². The Morgan fingerprint density at radius 2 is 1.70 bits per heavy atom. The molecule has 0 bridgehead atoms. The number of nitrogens with zero attached hydrogens (tertiary/aromatic N) is 3. The SMILES string of the molecule is CC.Cc1cc(-c2ccc(Cn3cc(C)c4ncccc43)c(F)c2)ccn1. The molecule has 0 aliphatic heterocycles. The van der Waals surface area contributed by atoms with Crippen LogP contribution in [0.4, 0.5) is 4.39 Å². The van der Waals surface area contributed by atoms with Gasteiger partial charge in [0.15, 0.2) is 0 Å². The summed E-state index contributed by atoms with van der Waals surface area (Å²) in [4.78, 5) is 8.60. The van der Waals surface area contributed by atoms with Gasteiger partial charge in [-0.2, -0.15) is 0 Å². The van der Waals surface area contributed by atoms with Crippen LogP contribution in [0.25, 0.3) is 22.2 Å². The molecule has 1 aromatic carbocycles. The number of aryl methyl sites for hydroxylation is 2. The lowest BCUT2D eigenvalue weighted by Gasteiger charge is -2.09. The summed E-state index contributed by atoms with van der Waals surface area (Å²) in [6, 6.07) is 13.2. The molecular formula is C23H24FN3. The first kappa shape index (κ1) is 18.8. The fraction of sp³-hybridized carbons (Fsp3) is 0.217. The van der Waals surface area contributed by atoms with Gasteiger partial charge in [0.25, 0.3) is 0 Å². The Hall–Kier alpha value is -3.01. The second-order valence-electron chi connectivity index (χ2n) is 6.30. The van der Waals surface area contributed by atoms with Crippen molar-refractivity contribution in [3.05, 3.63) is 83.7 Å². The summed E-state index contributed by atoms with van der Waals surface area (Å²) >= 11 is 0. The summed E-state index contributed by atoms with van der Waals surface area (Å²) in [5.74, 6) is -0.199. The summed E-state index contributed by atoms with van der Waals surface area (Å²) in [7, 11) is 0. The quantitative estimate of drug-likeness (QED) is 0.453. The van der Waals surface area contributed by atoms with Crippen LogP contribution in [0.1, 0.15) is 30.7 Å². The van der Waals surface area contributed by atoms with Crippen molar-refractivity contribution in [2.24, 2.45) is 0 Å². The zero-order chi connectivity index (χ0) is 19.4. The van der Waals surface area contributed by atoms with E-state index in [0.717, 1.165) is 33.4 Å². The lowest BCUT2D eigenvalue weighted by atomic mass is 10.0. The molecular weight excluding hydrogens is 337 g/mol. The molecule has 0 saturated carbocycles. The third-order valence-electron chi connectivity index (χ3n) is 4.44. The van der Waals surface area contributed by atoms with Gasteiger partial charge >= 0.3 is 0 Å². The maximum absolute atomic E-state index is 14.7. The standard InChI is InChI=1S/C21H18FN3.C2H6/c1-14-12-25(20-4-3-8-24-21(14)20)13-18-6-5-16(11-19(18)22)17-7-9-23-15(2)10-17;1-2/h3-12H,13H2,1-2H3;1-2H3. The van der Waals surface area contributed by atoms with E-state index < -0.39 is 0 Å². The minimum atomic E-state index is -0.199. The number of rotatable bonds is 3. The van der Waals surface area contributed by atoms with E-state index >= 15 is 0 Å². The van der Waals surface area contributed by atoms with Crippen LogP contribution in [-0.4, -0.2) is 14.5 Å². The second kappa shape index (κ2) is 8.12. The summed E-state index contributed by atoms with van der Waals surface area (Å²) in [6.07, 6.45) is 5.56. The van der Waals surface area contributed by atoms with Gasteiger partial charge in [-0.15, -0.1) is 0 Å². The van der Waals surface area contributed by atoms with Crippen molar-refractivity contribution in [2.45, 2.75) is 34.2 Å². The Labute approximate surface area is 159 Å². The normalized spacial score (nSPS) is 10.6. The van der Waals surface area contributed by atoms with Gasteiger partial charge in [-0.05, 0) is 60.9 Å². The molecule has 0 amide bonds. The van der Waals surface area contributed by atoms with Crippen LogP contribution in [0, 0.1) is 19.7 Å². The Morgan fingerprint density at radius 3 is 2.44 bits per heavy atom. The largest absolute Gasteiger partial charge is 0.341 e. The molecule has 0 N–H and O–H groups in total. The first-order valence-electron chi connectivity index (χ1n) is 9.24. The fourth-order valence-corrected chi connectivity index (χ4v) is 3.19. The molecule has 0 saturated heterocycles. The number of pyridine rings is 2. The highest BCUT2D eigenvalue weighted by molar-refractivity contribution is 5.79. The van der Waals surface area contributed by atoms with E-state index in [9.17, 15) is 4.39 Å². The second-order valence-corrected chi connectivity index (χ2v) is 6.30. The molecule has 0 atom stereocenters. The highest BCUT2D eigenvalue weighted by Crippen LogP contribution is 2.24. The number of hydrogen-bond acceptors (Lipinski definition) is 2. The summed E-state index contributed by atoms with van der Waals surface area (Å²) < 4.78 is 16.7. The first-order chi connectivity index (χ1) is 13.1. The van der Waals surface area contributed by atoms with Gasteiger partial charge in [0.05, 0.1) is 17.6 Å². The zero-order valence-electron chi connectivity index (χ0n) is 16.2. The Balaban J connectivity index is 0.00000102. The molecule has 27 heavy (non-hydrogen) atoms. The number of benzene rings is 1. The third kappa shape index (κ3) is 3.90. The van der Waals surface area contributed by atoms with E-state index in [0.29, 0.717) is 12.1 Å². The van der Waals surface area contributed by atoms with Crippen LogP contribution in [0.2, 0.25) is 0 Å². The minimum absolute atomic E-state index is 0.199. The maximum atomic E-state index is 14.7. The molecule has 0 aliphatic carbocycles. The Kier molecular flexibility index (Phi) is 5.65. The zero-order valence-corrected chi connectivity index (χ0v) is 16.2. The number of halogens is 1. The van der Waals surface area contributed by atoms with Gasteiger partial charge in [-0.25, -0.2) is 4.39 Å². The van der Waals surface area contributed by atoms with Crippen LogP contribution in [0.15, 0.2) is 61.1 Å². The van der Waals surface area contributed by atoms with Crippen LogP contribution in [0.3, 0.4) is 0 Å². The first-order valence-corrected chi connectivity index (χ1v) is 9.24. The van der Waals surface area contributed by atoms with E-state index in [4.69, 9.17) is 0 Å². The summed E-state index contributed by atoms with van der Waals surface area (Å²) in [6.45, 7) is 8.44. The molecule has 138 valence electrons. The summed E-state index contributed by atoms with van der Waals surface area (Å²) in [5, 5.41) is 0. The predicted octanol–water partition coefficient (Wildman–Crippen LogP) is 5.93. The highest BCUT2D eigenvalue weighted by Gasteiger charge is 2.10. The monoisotopic (exact) mass is 361 g/mol. The molecule has 4 aromatic rings. The van der Waals surface area contributed by atoms with E-state index in [2.05, 4.69) is 9.97 Å². The molecule has 0 fully saturated rings. The van der Waals surface area contributed by atoms with E-state index in [1.807, 2.05) is 74.9 Å². The van der Waals surface area contributed by atoms with E-state index in [1.54, 1.807) is 18.5 Å². The van der Waals surface area contributed by atoms with Crippen LogP contribution in [0.5, 0.6) is 0 Å². The third-order valence-corrected chi connectivity index (χ3v) is 4.44. The van der Waals surface area contributed by atoms with Crippen LogP contribution < -0.4 is 0 Å². The van der Waals surface area contributed by atoms with E-state index in [1.165, 1.54) is 0 Å². The number of fused-ring (bicyclic) bond motifs is 1. The van der Waals surface area contributed by atoms with Crippen molar-refractivity contribution < 1.29 is 4.39 Å². The number of hydrogen-bond donors (Lipinski definition) is 0.